The third-order valence-electron chi connectivity index (χ3n) is 6.15. The Morgan fingerprint density at radius 1 is 1.00 bits per heavy atom. The Morgan fingerprint density at radius 3 is 2.26 bits per heavy atom. The van der Waals surface area contributed by atoms with Crippen molar-refractivity contribution in [2.24, 2.45) is 23.7 Å². The van der Waals surface area contributed by atoms with Gasteiger partial charge in [0.15, 0.2) is 0 Å². The van der Waals surface area contributed by atoms with E-state index >= 15 is 0 Å². The predicted octanol–water partition coefficient (Wildman–Crippen LogP) is 2.77. The number of carboxylic acids is 1. The highest BCUT2D eigenvalue weighted by molar-refractivity contribution is 5.96. The zero-order valence-electron chi connectivity index (χ0n) is 15.1. The molecule has 2 N–H and O–H groups in total. The van der Waals surface area contributed by atoms with Crippen LogP contribution in [0.3, 0.4) is 0 Å². The van der Waals surface area contributed by atoms with Crippen molar-refractivity contribution < 1.29 is 19.5 Å². The van der Waals surface area contributed by atoms with E-state index in [1.807, 2.05) is 0 Å². The first-order valence-electron chi connectivity index (χ1n) is 9.62. The maximum Gasteiger partial charge on any atom is 0.306 e. The van der Waals surface area contributed by atoms with Crippen LogP contribution >= 0.6 is 0 Å². The quantitative estimate of drug-likeness (QED) is 0.800. The summed E-state index contributed by atoms with van der Waals surface area (Å²) >= 11 is 0. The van der Waals surface area contributed by atoms with Crippen molar-refractivity contribution in [3.8, 4) is 0 Å². The molecule has 2 amide bonds. The molecule has 3 aliphatic rings. The number of carbonyl (C=O) groups excluding carboxylic acids is 2. The summed E-state index contributed by atoms with van der Waals surface area (Å²) in [6.45, 7) is 0.929. The van der Waals surface area contributed by atoms with Crippen LogP contribution in [0.1, 0.15) is 36.0 Å². The minimum Gasteiger partial charge on any atom is -0.481 e. The summed E-state index contributed by atoms with van der Waals surface area (Å²) in [7, 11) is 0. The van der Waals surface area contributed by atoms with E-state index in [9.17, 15) is 14.4 Å². The molecule has 1 saturated carbocycles. The molecule has 1 aromatic rings. The number of amides is 2. The van der Waals surface area contributed by atoms with Gasteiger partial charge in [-0.3, -0.25) is 14.4 Å². The third kappa shape index (κ3) is 3.61. The van der Waals surface area contributed by atoms with Crippen LogP contribution in [0.15, 0.2) is 36.4 Å². The lowest BCUT2D eigenvalue weighted by Crippen LogP contribution is -2.40. The van der Waals surface area contributed by atoms with Gasteiger partial charge in [-0.2, -0.15) is 0 Å². The van der Waals surface area contributed by atoms with Gasteiger partial charge < -0.3 is 15.3 Å². The van der Waals surface area contributed by atoms with Crippen LogP contribution in [0.25, 0.3) is 0 Å². The molecule has 3 unspecified atom stereocenters. The Balaban J connectivity index is 1.33. The Kier molecular flexibility index (Phi) is 4.72. The molecule has 1 heterocycles. The smallest absolute Gasteiger partial charge is 0.306 e. The van der Waals surface area contributed by atoms with E-state index in [2.05, 4.69) is 17.5 Å². The summed E-state index contributed by atoms with van der Waals surface area (Å²) < 4.78 is 0. The normalized spacial score (nSPS) is 27.0. The number of aliphatic carboxylic acids is 1. The molecule has 1 saturated heterocycles. The summed E-state index contributed by atoms with van der Waals surface area (Å²) in [5.41, 5.74) is 1.26. The summed E-state index contributed by atoms with van der Waals surface area (Å²) in [6.07, 6.45) is 7.38. The van der Waals surface area contributed by atoms with Crippen molar-refractivity contribution in [1.82, 2.24) is 4.90 Å². The van der Waals surface area contributed by atoms with E-state index in [4.69, 9.17) is 5.11 Å². The number of hydrogen-bond donors (Lipinski definition) is 2. The van der Waals surface area contributed by atoms with E-state index in [0.29, 0.717) is 49.0 Å². The highest BCUT2D eigenvalue weighted by Gasteiger charge is 2.39. The summed E-state index contributed by atoms with van der Waals surface area (Å²) in [4.78, 5) is 37.8. The molecule has 3 atom stereocenters. The number of carboxylic acid groups (broad SMARTS) is 1. The van der Waals surface area contributed by atoms with Crippen molar-refractivity contribution in [3.63, 3.8) is 0 Å². The molecule has 1 aliphatic heterocycles. The Labute approximate surface area is 158 Å². The zero-order valence-corrected chi connectivity index (χ0v) is 15.1. The number of anilines is 1. The Morgan fingerprint density at radius 2 is 1.70 bits per heavy atom. The Hall–Kier alpha value is -2.63. The number of nitrogens with one attached hydrogen (secondary N) is 1. The lowest BCUT2D eigenvalue weighted by Gasteiger charge is -2.30. The van der Waals surface area contributed by atoms with Gasteiger partial charge in [-0.1, -0.05) is 12.2 Å². The zero-order chi connectivity index (χ0) is 19.0. The van der Waals surface area contributed by atoms with Gasteiger partial charge in [0.05, 0.1) is 5.92 Å². The molecule has 0 aromatic heterocycles. The fourth-order valence-corrected chi connectivity index (χ4v) is 4.53. The molecule has 2 fully saturated rings. The predicted molar refractivity (Wildman–Crippen MR) is 100 cm³/mol. The molecule has 4 rings (SSSR count). The van der Waals surface area contributed by atoms with Crippen LogP contribution in [0.4, 0.5) is 5.69 Å². The lowest BCUT2D eigenvalue weighted by atomic mass is 9.93. The van der Waals surface area contributed by atoms with Gasteiger partial charge in [0.1, 0.15) is 0 Å². The van der Waals surface area contributed by atoms with Crippen molar-refractivity contribution in [2.45, 2.75) is 25.7 Å². The van der Waals surface area contributed by atoms with Crippen LogP contribution < -0.4 is 5.32 Å². The summed E-state index contributed by atoms with van der Waals surface area (Å²) in [5.74, 6) is -0.199. The molecule has 0 radical (unpaired) electrons. The van der Waals surface area contributed by atoms with E-state index in [1.165, 1.54) is 0 Å². The number of likely N-dealkylation sites (tertiary alicyclic amines) is 1. The van der Waals surface area contributed by atoms with E-state index in [0.717, 1.165) is 12.8 Å². The fraction of sp³-hybridized carbons (Fsp3) is 0.476. The lowest BCUT2D eigenvalue weighted by molar-refractivity contribution is -0.143. The van der Waals surface area contributed by atoms with Gasteiger partial charge in [0.2, 0.25) is 5.91 Å². The van der Waals surface area contributed by atoms with Crippen molar-refractivity contribution in [3.05, 3.63) is 42.0 Å². The minimum atomic E-state index is -0.784. The van der Waals surface area contributed by atoms with Gasteiger partial charge in [-0.25, -0.2) is 0 Å². The first kappa shape index (κ1) is 17.8. The van der Waals surface area contributed by atoms with E-state index in [-0.39, 0.29) is 23.7 Å². The first-order valence-corrected chi connectivity index (χ1v) is 9.62. The van der Waals surface area contributed by atoms with Gasteiger partial charge in [-0.05, 0) is 61.8 Å². The molecule has 1 aromatic carbocycles. The fourth-order valence-electron chi connectivity index (χ4n) is 4.53. The third-order valence-corrected chi connectivity index (χ3v) is 6.15. The van der Waals surface area contributed by atoms with Crippen LogP contribution in [0.5, 0.6) is 0 Å². The van der Waals surface area contributed by atoms with E-state index in [1.54, 1.807) is 29.2 Å². The number of fused-ring (bicyclic) bond motifs is 2. The largest absolute Gasteiger partial charge is 0.481 e. The molecular formula is C21H24N2O4. The highest BCUT2D eigenvalue weighted by Crippen LogP contribution is 2.43. The highest BCUT2D eigenvalue weighted by atomic mass is 16.4. The van der Waals surface area contributed by atoms with E-state index < -0.39 is 5.97 Å². The Bertz CT molecular complexity index is 778. The van der Waals surface area contributed by atoms with Gasteiger partial charge in [0, 0.05) is 30.3 Å². The van der Waals surface area contributed by atoms with Crippen LogP contribution in [0, 0.1) is 23.7 Å². The molecule has 2 aliphatic carbocycles. The summed E-state index contributed by atoms with van der Waals surface area (Å²) in [6, 6.07) is 6.97. The minimum absolute atomic E-state index is 0.0526. The molecule has 142 valence electrons. The molecule has 27 heavy (non-hydrogen) atoms. The number of carbonyl (C=O) groups is 3. The number of allylic oxidation sites excluding steroid dienone is 2. The molecule has 0 spiro atoms. The maximum absolute atomic E-state index is 12.6. The second kappa shape index (κ2) is 7.18. The van der Waals surface area contributed by atoms with Gasteiger partial charge in [-0.15, -0.1) is 0 Å². The number of nitrogens with zero attached hydrogens (tertiary/aromatic N) is 1. The molecule has 6 heteroatoms. The number of hydrogen-bond acceptors (Lipinski definition) is 3. The maximum atomic E-state index is 12.6. The standard InChI is InChI=1S/C21H24N2O4/c24-19(18-12-13-1-2-16(18)11-13)22-17-5-3-14(4-6-17)20(25)23-9-7-15(8-10-23)21(26)27/h1-6,13,15-16,18H,7-12H2,(H,22,24)(H,26,27). The topological polar surface area (TPSA) is 86.7 Å². The van der Waals surface area contributed by atoms with Crippen molar-refractivity contribution in [2.75, 3.05) is 18.4 Å². The van der Waals surface area contributed by atoms with Gasteiger partial charge in [0.25, 0.3) is 5.91 Å². The summed E-state index contributed by atoms with van der Waals surface area (Å²) in [5, 5.41) is 12.0. The average Bonchev–Trinajstić information content (AvgIpc) is 3.32. The number of rotatable bonds is 4. The molecule has 2 bridgehead atoms. The SMILES string of the molecule is O=C(O)C1CCN(C(=O)c2ccc(NC(=O)C3CC4C=CC3C4)cc2)CC1. The van der Waals surface area contributed by atoms with Crippen LogP contribution in [-0.2, 0) is 9.59 Å². The molecular weight excluding hydrogens is 344 g/mol. The van der Waals surface area contributed by atoms with Gasteiger partial charge >= 0.3 is 5.97 Å². The average molecular weight is 368 g/mol. The number of benzene rings is 1. The first-order chi connectivity index (χ1) is 13.0. The van der Waals surface area contributed by atoms with Crippen molar-refractivity contribution >= 4 is 23.5 Å². The van der Waals surface area contributed by atoms with Crippen molar-refractivity contribution in [1.29, 1.82) is 0 Å². The van der Waals surface area contributed by atoms with Crippen LogP contribution in [-0.4, -0.2) is 40.9 Å². The van der Waals surface area contributed by atoms with Crippen LogP contribution in [0.2, 0.25) is 0 Å². The number of piperidine rings is 1. The second-order valence-electron chi connectivity index (χ2n) is 7.86. The second-order valence-corrected chi connectivity index (χ2v) is 7.86. The molecule has 6 nitrogen and oxygen atoms in total. The monoisotopic (exact) mass is 368 g/mol.